The number of carbonyl (C=O) groups is 2. The van der Waals surface area contributed by atoms with Crippen LogP contribution in [0.5, 0.6) is 0 Å². The minimum absolute atomic E-state index is 0.243. The van der Waals surface area contributed by atoms with Gasteiger partial charge in [0.15, 0.2) is 0 Å². The van der Waals surface area contributed by atoms with E-state index in [1.165, 1.54) is 18.6 Å². The fourth-order valence-electron chi connectivity index (χ4n) is 1.29. The van der Waals surface area contributed by atoms with Crippen molar-refractivity contribution in [3.63, 3.8) is 0 Å². The molecule has 0 N–H and O–H groups in total. The van der Waals surface area contributed by atoms with Crippen LogP contribution in [0.2, 0.25) is 0 Å². The Morgan fingerprint density at radius 1 is 1.50 bits per heavy atom. The Kier molecular flexibility index (Phi) is 2.96. The minimum atomic E-state index is -0.281. The third-order valence-electron chi connectivity index (χ3n) is 2.03. The number of nitrogens with zero attached hydrogens (tertiary/aromatic N) is 1. The Bertz CT molecular complexity index is 462. The van der Waals surface area contributed by atoms with Gasteiger partial charge in [-0.1, -0.05) is 6.08 Å². The third kappa shape index (κ3) is 1.94. The largest absolute Gasteiger partial charge is 0.472 e. The first-order valence-electron chi connectivity index (χ1n) is 4.61. The van der Waals surface area contributed by atoms with Crippen molar-refractivity contribution in [3.8, 4) is 0 Å². The molecule has 2 amide bonds. The van der Waals surface area contributed by atoms with Crippen LogP contribution in [0, 0.1) is 0 Å². The lowest BCUT2D eigenvalue weighted by molar-refractivity contribution is -0.122. The molecule has 82 valence electrons. The molecular weight excluding hydrogens is 226 g/mol. The molecule has 0 atom stereocenters. The predicted molar refractivity (Wildman–Crippen MR) is 61.6 cm³/mol. The van der Waals surface area contributed by atoms with E-state index >= 15 is 0 Å². The second kappa shape index (κ2) is 4.40. The van der Waals surface area contributed by atoms with Gasteiger partial charge in [0.2, 0.25) is 0 Å². The van der Waals surface area contributed by atoms with Crippen molar-refractivity contribution >= 4 is 29.0 Å². The van der Waals surface area contributed by atoms with Crippen LogP contribution in [0.4, 0.5) is 4.79 Å². The Labute approximate surface area is 96.6 Å². The first-order chi connectivity index (χ1) is 7.72. The van der Waals surface area contributed by atoms with E-state index < -0.39 is 0 Å². The van der Waals surface area contributed by atoms with Crippen LogP contribution in [0.1, 0.15) is 5.56 Å². The molecule has 0 bridgehead atoms. The molecule has 1 saturated heterocycles. The average Bonchev–Trinajstić information content (AvgIpc) is 2.84. The quantitative estimate of drug-likeness (QED) is 0.596. The molecule has 1 aliphatic rings. The van der Waals surface area contributed by atoms with Gasteiger partial charge in [0.05, 0.1) is 17.4 Å². The van der Waals surface area contributed by atoms with E-state index in [0.29, 0.717) is 4.91 Å². The van der Waals surface area contributed by atoms with Crippen LogP contribution in [-0.4, -0.2) is 22.6 Å². The number of hydrogen-bond donors (Lipinski definition) is 0. The highest BCUT2D eigenvalue weighted by molar-refractivity contribution is 8.18. The van der Waals surface area contributed by atoms with Crippen molar-refractivity contribution in [2.24, 2.45) is 0 Å². The summed E-state index contributed by atoms with van der Waals surface area (Å²) in [5.41, 5.74) is 0.768. The van der Waals surface area contributed by atoms with Crippen LogP contribution in [0.25, 0.3) is 6.08 Å². The molecule has 0 aromatic carbocycles. The first kappa shape index (κ1) is 10.8. The maximum Gasteiger partial charge on any atom is 0.293 e. The zero-order valence-corrected chi connectivity index (χ0v) is 9.20. The highest BCUT2D eigenvalue weighted by atomic mass is 32.2. The van der Waals surface area contributed by atoms with E-state index in [9.17, 15) is 9.59 Å². The molecule has 1 aromatic rings. The van der Waals surface area contributed by atoms with E-state index in [2.05, 4.69) is 6.58 Å². The van der Waals surface area contributed by atoms with Crippen molar-refractivity contribution in [1.82, 2.24) is 4.90 Å². The molecule has 0 spiro atoms. The maximum atomic E-state index is 11.8. The number of hydrogen-bond acceptors (Lipinski definition) is 4. The smallest absolute Gasteiger partial charge is 0.293 e. The molecule has 0 unspecified atom stereocenters. The van der Waals surface area contributed by atoms with Crippen molar-refractivity contribution in [2.75, 3.05) is 6.54 Å². The van der Waals surface area contributed by atoms with Gasteiger partial charge in [-0.15, -0.1) is 6.58 Å². The number of imide groups is 1. The summed E-state index contributed by atoms with van der Waals surface area (Å²) in [6, 6.07) is 1.72. The molecule has 4 nitrogen and oxygen atoms in total. The van der Waals surface area contributed by atoms with Crippen LogP contribution in [0.3, 0.4) is 0 Å². The number of carbonyl (C=O) groups excluding carboxylic acids is 2. The summed E-state index contributed by atoms with van der Waals surface area (Å²) in [5, 5.41) is -0.264. The van der Waals surface area contributed by atoms with Crippen LogP contribution < -0.4 is 0 Å². The Morgan fingerprint density at radius 2 is 2.31 bits per heavy atom. The van der Waals surface area contributed by atoms with Crippen molar-refractivity contribution in [3.05, 3.63) is 41.7 Å². The number of amides is 2. The molecule has 1 aliphatic heterocycles. The highest BCUT2D eigenvalue weighted by Gasteiger charge is 2.33. The number of furan rings is 1. The van der Waals surface area contributed by atoms with Gasteiger partial charge in [0.25, 0.3) is 11.1 Å². The summed E-state index contributed by atoms with van der Waals surface area (Å²) in [5.74, 6) is -0.281. The summed E-state index contributed by atoms with van der Waals surface area (Å²) in [7, 11) is 0. The molecule has 1 fully saturated rings. The average molecular weight is 235 g/mol. The summed E-state index contributed by atoms with van der Waals surface area (Å²) in [4.78, 5) is 24.8. The SMILES string of the molecule is C=CCN1C(=O)S/C(=C/c2ccoc2)C1=O. The highest BCUT2D eigenvalue weighted by Crippen LogP contribution is 2.31. The lowest BCUT2D eigenvalue weighted by Crippen LogP contribution is -2.27. The summed E-state index contributed by atoms with van der Waals surface area (Å²) in [6.07, 6.45) is 6.19. The van der Waals surface area contributed by atoms with Crippen LogP contribution in [-0.2, 0) is 4.79 Å². The fraction of sp³-hybridized carbons (Fsp3) is 0.0909. The van der Waals surface area contributed by atoms with Gasteiger partial charge in [-0.05, 0) is 23.9 Å². The molecule has 16 heavy (non-hydrogen) atoms. The maximum absolute atomic E-state index is 11.8. The van der Waals surface area contributed by atoms with E-state index in [1.807, 2.05) is 0 Å². The normalized spacial score (nSPS) is 18.5. The molecule has 2 rings (SSSR count). The van der Waals surface area contributed by atoms with Crippen molar-refractivity contribution < 1.29 is 14.0 Å². The monoisotopic (exact) mass is 235 g/mol. The number of rotatable bonds is 3. The van der Waals surface area contributed by atoms with E-state index in [0.717, 1.165) is 22.2 Å². The Morgan fingerprint density at radius 3 is 2.94 bits per heavy atom. The van der Waals surface area contributed by atoms with E-state index in [4.69, 9.17) is 4.42 Å². The Hall–Kier alpha value is -1.75. The zero-order chi connectivity index (χ0) is 11.5. The molecule has 2 heterocycles. The topological polar surface area (TPSA) is 50.5 Å². The second-order valence-electron chi connectivity index (χ2n) is 3.14. The van der Waals surface area contributed by atoms with Crippen molar-refractivity contribution in [1.29, 1.82) is 0 Å². The lowest BCUT2D eigenvalue weighted by atomic mass is 10.3. The standard InChI is InChI=1S/C11H9NO3S/c1-2-4-12-10(13)9(16-11(12)14)6-8-3-5-15-7-8/h2-3,5-7H,1,4H2/b9-6+. The number of thioether (sulfide) groups is 1. The van der Waals surface area contributed by atoms with Crippen LogP contribution in [0.15, 0.2) is 40.6 Å². The van der Waals surface area contributed by atoms with E-state index in [1.54, 1.807) is 12.1 Å². The van der Waals surface area contributed by atoms with Gasteiger partial charge < -0.3 is 4.42 Å². The van der Waals surface area contributed by atoms with Gasteiger partial charge in [0.1, 0.15) is 0 Å². The summed E-state index contributed by atoms with van der Waals surface area (Å²) < 4.78 is 4.88. The molecular formula is C11H9NO3S. The van der Waals surface area contributed by atoms with Crippen molar-refractivity contribution in [2.45, 2.75) is 0 Å². The predicted octanol–water partition coefficient (Wildman–Crippen LogP) is 2.50. The molecule has 0 aliphatic carbocycles. The zero-order valence-electron chi connectivity index (χ0n) is 8.38. The fourth-order valence-corrected chi connectivity index (χ4v) is 2.14. The lowest BCUT2D eigenvalue weighted by Gasteiger charge is -2.07. The van der Waals surface area contributed by atoms with Gasteiger partial charge in [-0.3, -0.25) is 14.5 Å². The first-order valence-corrected chi connectivity index (χ1v) is 5.42. The molecule has 0 saturated carbocycles. The summed E-state index contributed by atoms with van der Waals surface area (Å²) >= 11 is 0.929. The van der Waals surface area contributed by atoms with Gasteiger partial charge in [0, 0.05) is 12.1 Å². The van der Waals surface area contributed by atoms with Gasteiger partial charge in [-0.2, -0.15) is 0 Å². The van der Waals surface area contributed by atoms with Crippen LogP contribution >= 0.6 is 11.8 Å². The Balaban J connectivity index is 2.23. The molecule has 5 heteroatoms. The second-order valence-corrected chi connectivity index (χ2v) is 4.13. The minimum Gasteiger partial charge on any atom is -0.472 e. The van der Waals surface area contributed by atoms with Gasteiger partial charge >= 0.3 is 0 Å². The third-order valence-corrected chi connectivity index (χ3v) is 2.93. The van der Waals surface area contributed by atoms with E-state index in [-0.39, 0.29) is 17.7 Å². The summed E-state index contributed by atoms with van der Waals surface area (Å²) in [6.45, 7) is 3.75. The van der Waals surface area contributed by atoms with Gasteiger partial charge in [-0.25, -0.2) is 0 Å². The molecule has 0 radical (unpaired) electrons. The molecule has 1 aromatic heterocycles.